The molecule has 1 aromatic heterocycles. The van der Waals surface area contributed by atoms with E-state index >= 15 is 0 Å². The number of nitrogens with zero attached hydrogens (tertiary/aromatic N) is 2. The molecule has 4 heteroatoms. The molecule has 0 saturated heterocycles. The molecular formula is C30H24N2O2. The third-order valence-corrected chi connectivity index (χ3v) is 7.66. The number of carbonyl (C=O) groups is 1. The standard InChI is InChI=1S/C30H24N2O2/c1-32-28-25-9-5-3-7-23(25)22-6-2-4-8-24(22)27(28)31-29(32)19-12-14-21(15-13-19)34-30(33)26-17-18-10-11-20(26)16-18/h2-15,18,20,26H,16-17H2,1H3. The van der Waals surface area contributed by atoms with Crippen LogP contribution in [0.2, 0.25) is 0 Å². The van der Waals surface area contributed by atoms with Gasteiger partial charge in [0.15, 0.2) is 0 Å². The molecule has 0 N–H and O–H groups in total. The number of imidazole rings is 1. The molecule has 1 heterocycles. The molecule has 0 spiro atoms. The van der Waals surface area contributed by atoms with Gasteiger partial charge in [0.1, 0.15) is 11.6 Å². The Kier molecular flexibility index (Phi) is 4.19. The molecule has 166 valence electrons. The average Bonchev–Trinajstić information content (AvgIpc) is 3.60. The molecule has 4 aromatic carbocycles. The van der Waals surface area contributed by atoms with Gasteiger partial charge in [0, 0.05) is 23.4 Å². The van der Waals surface area contributed by atoms with E-state index in [-0.39, 0.29) is 11.9 Å². The van der Waals surface area contributed by atoms with Gasteiger partial charge in [-0.2, -0.15) is 0 Å². The van der Waals surface area contributed by atoms with Crippen LogP contribution >= 0.6 is 0 Å². The molecule has 2 bridgehead atoms. The molecule has 3 unspecified atom stereocenters. The number of carbonyl (C=O) groups excluding carboxylic acids is 1. The van der Waals surface area contributed by atoms with Crippen LogP contribution in [0, 0.1) is 17.8 Å². The number of aromatic nitrogens is 2. The molecule has 5 aromatic rings. The number of ether oxygens (including phenoxy) is 1. The molecule has 2 aliphatic rings. The first-order valence-corrected chi connectivity index (χ1v) is 11.9. The minimum Gasteiger partial charge on any atom is -0.426 e. The van der Waals surface area contributed by atoms with E-state index in [2.05, 4.69) is 72.3 Å². The van der Waals surface area contributed by atoms with Gasteiger partial charge < -0.3 is 9.30 Å². The van der Waals surface area contributed by atoms with Crippen molar-refractivity contribution in [1.82, 2.24) is 9.55 Å². The maximum Gasteiger partial charge on any atom is 0.314 e. The predicted octanol–water partition coefficient (Wildman–Crippen LogP) is 6.66. The molecule has 0 aliphatic heterocycles. The second-order valence-electron chi connectivity index (χ2n) is 9.62. The maximum atomic E-state index is 12.7. The van der Waals surface area contributed by atoms with Crippen molar-refractivity contribution in [3.63, 3.8) is 0 Å². The van der Waals surface area contributed by atoms with Crippen molar-refractivity contribution in [2.24, 2.45) is 24.8 Å². The summed E-state index contributed by atoms with van der Waals surface area (Å²) in [7, 11) is 2.07. The fourth-order valence-electron chi connectivity index (χ4n) is 6.02. The molecule has 3 atom stereocenters. The van der Waals surface area contributed by atoms with Gasteiger partial charge in [-0.3, -0.25) is 4.79 Å². The van der Waals surface area contributed by atoms with Gasteiger partial charge in [-0.25, -0.2) is 4.98 Å². The topological polar surface area (TPSA) is 44.1 Å². The molecule has 0 radical (unpaired) electrons. The van der Waals surface area contributed by atoms with Crippen LogP contribution in [0.1, 0.15) is 12.8 Å². The maximum absolute atomic E-state index is 12.7. The van der Waals surface area contributed by atoms with Crippen molar-refractivity contribution in [3.05, 3.63) is 84.9 Å². The second-order valence-corrected chi connectivity index (χ2v) is 9.62. The monoisotopic (exact) mass is 444 g/mol. The highest BCUT2D eigenvalue weighted by Gasteiger charge is 2.40. The zero-order valence-corrected chi connectivity index (χ0v) is 18.9. The van der Waals surface area contributed by atoms with Crippen molar-refractivity contribution in [1.29, 1.82) is 0 Å². The number of hydrogen-bond donors (Lipinski definition) is 0. The molecule has 1 saturated carbocycles. The van der Waals surface area contributed by atoms with Crippen LogP contribution in [0.15, 0.2) is 84.9 Å². The Labute approximate surface area is 197 Å². The summed E-state index contributed by atoms with van der Waals surface area (Å²) in [6, 6.07) is 24.7. The molecule has 4 nitrogen and oxygen atoms in total. The van der Waals surface area contributed by atoms with Crippen molar-refractivity contribution in [3.8, 4) is 17.1 Å². The van der Waals surface area contributed by atoms with E-state index in [9.17, 15) is 4.79 Å². The lowest BCUT2D eigenvalue weighted by Crippen LogP contribution is -2.23. The molecule has 34 heavy (non-hydrogen) atoms. The third-order valence-electron chi connectivity index (χ3n) is 7.66. The fourth-order valence-corrected chi connectivity index (χ4v) is 6.02. The summed E-state index contributed by atoms with van der Waals surface area (Å²) >= 11 is 0. The highest BCUT2D eigenvalue weighted by atomic mass is 16.5. The number of aryl methyl sites for hydroxylation is 1. The fraction of sp³-hybridized carbons (Fsp3) is 0.200. The number of allylic oxidation sites excluding steroid dienone is 2. The number of benzene rings is 4. The van der Waals surface area contributed by atoms with Crippen molar-refractivity contribution < 1.29 is 9.53 Å². The minimum absolute atomic E-state index is 0.00363. The lowest BCUT2D eigenvalue weighted by molar-refractivity contribution is -0.139. The van der Waals surface area contributed by atoms with Crippen molar-refractivity contribution >= 4 is 38.5 Å². The summed E-state index contributed by atoms with van der Waals surface area (Å²) in [5.41, 5.74) is 3.13. The summed E-state index contributed by atoms with van der Waals surface area (Å²) < 4.78 is 7.92. The lowest BCUT2D eigenvalue weighted by Gasteiger charge is -2.16. The van der Waals surface area contributed by atoms with Crippen LogP contribution in [-0.4, -0.2) is 15.5 Å². The Bertz CT molecular complexity index is 1630. The SMILES string of the molecule is Cn1c(-c2ccc(OC(=O)C3CC4C=CC3C4)cc2)nc2c3ccccc3c3ccccc3c21. The Balaban J connectivity index is 1.27. The van der Waals surface area contributed by atoms with E-state index in [0.29, 0.717) is 17.6 Å². The Morgan fingerprint density at radius 1 is 0.853 bits per heavy atom. The zero-order valence-electron chi connectivity index (χ0n) is 18.9. The second kappa shape index (κ2) is 7.29. The predicted molar refractivity (Wildman–Crippen MR) is 136 cm³/mol. The summed E-state index contributed by atoms with van der Waals surface area (Å²) in [6.45, 7) is 0. The highest BCUT2D eigenvalue weighted by molar-refractivity contribution is 6.23. The van der Waals surface area contributed by atoms with Crippen molar-refractivity contribution in [2.75, 3.05) is 0 Å². The first-order valence-electron chi connectivity index (χ1n) is 11.9. The van der Waals surface area contributed by atoms with Crippen LogP contribution in [0.25, 0.3) is 44.0 Å². The van der Waals surface area contributed by atoms with Crippen molar-refractivity contribution in [2.45, 2.75) is 12.8 Å². The van der Waals surface area contributed by atoms with Gasteiger partial charge in [0.05, 0.1) is 17.0 Å². The van der Waals surface area contributed by atoms with Gasteiger partial charge in [-0.1, -0.05) is 60.7 Å². The summed E-state index contributed by atoms with van der Waals surface area (Å²) in [4.78, 5) is 17.8. The van der Waals surface area contributed by atoms with Gasteiger partial charge in [0.2, 0.25) is 0 Å². The Morgan fingerprint density at radius 2 is 1.53 bits per heavy atom. The number of hydrogen-bond acceptors (Lipinski definition) is 3. The van der Waals surface area contributed by atoms with E-state index < -0.39 is 0 Å². The van der Waals surface area contributed by atoms with E-state index in [1.165, 1.54) is 16.2 Å². The molecule has 7 rings (SSSR count). The zero-order chi connectivity index (χ0) is 22.8. The van der Waals surface area contributed by atoms with Gasteiger partial charge >= 0.3 is 5.97 Å². The Hall–Kier alpha value is -3.92. The van der Waals surface area contributed by atoms with E-state index in [0.717, 1.165) is 40.6 Å². The summed E-state index contributed by atoms with van der Waals surface area (Å²) in [5.74, 6) is 2.28. The van der Waals surface area contributed by atoms with E-state index in [4.69, 9.17) is 9.72 Å². The van der Waals surface area contributed by atoms with Gasteiger partial charge in [-0.15, -0.1) is 0 Å². The quantitative estimate of drug-likeness (QED) is 0.135. The van der Waals surface area contributed by atoms with Crippen LogP contribution in [0.5, 0.6) is 5.75 Å². The molecule has 0 amide bonds. The van der Waals surface area contributed by atoms with Crippen LogP contribution in [0.4, 0.5) is 0 Å². The normalized spacial score (nSPS) is 21.1. The number of rotatable bonds is 3. The average molecular weight is 445 g/mol. The van der Waals surface area contributed by atoms with E-state index in [1.807, 2.05) is 24.3 Å². The molecular weight excluding hydrogens is 420 g/mol. The first-order chi connectivity index (χ1) is 16.7. The summed E-state index contributed by atoms with van der Waals surface area (Å²) in [5, 5.41) is 4.80. The highest BCUT2D eigenvalue weighted by Crippen LogP contribution is 2.44. The smallest absolute Gasteiger partial charge is 0.314 e. The molecule has 2 aliphatic carbocycles. The first kappa shape index (κ1) is 19.5. The van der Waals surface area contributed by atoms with Crippen LogP contribution < -0.4 is 4.74 Å². The number of esters is 1. The van der Waals surface area contributed by atoms with Gasteiger partial charge in [0.25, 0.3) is 0 Å². The Morgan fingerprint density at radius 3 is 2.21 bits per heavy atom. The largest absolute Gasteiger partial charge is 0.426 e. The minimum atomic E-state index is -0.106. The molecule has 1 fully saturated rings. The lowest BCUT2D eigenvalue weighted by atomic mass is 9.94. The summed E-state index contributed by atoms with van der Waals surface area (Å²) in [6.07, 6.45) is 6.43. The van der Waals surface area contributed by atoms with Crippen LogP contribution in [-0.2, 0) is 11.8 Å². The van der Waals surface area contributed by atoms with E-state index in [1.54, 1.807) is 0 Å². The number of fused-ring (bicyclic) bond motifs is 8. The third kappa shape index (κ3) is 2.84. The van der Waals surface area contributed by atoms with Crippen LogP contribution in [0.3, 0.4) is 0 Å². The van der Waals surface area contributed by atoms with Gasteiger partial charge in [-0.05, 0) is 59.7 Å².